The van der Waals surface area contributed by atoms with Crippen molar-refractivity contribution >= 4 is 79.6 Å². The van der Waals surface area contributed by atoms with E-state index in [-0.39, 0.29) is 26.3 Å². The second-order valence-electron chi connectivity index (χ2n) is 8.33. The van der Waals surface area contributed by atoms with Gasteiger partial charge in [0.25, 0.3) is 5.91 Å². The van der Waals surface area contributed by atoms with Crippen LogP contribution in [0.3, 0.4) is 0 Å². The summed E-state index contributed by atoms with van der Waals surface area (Å²) in [6, 6.07) is 9.10. The van der Waals surface area contributed by atoms with Crippen molar-refractivity contribution in [2.24, 2.45) is 5.92 Å². The maximum Gasteiger partial charge on any atom is 0.417 e. The first-order chi connectivity index (χ1) is 17.6. The van der Waals surface area contributed by atoms with E-state index >= 15 is 0 Å². The van der Waals surface area contributed by atoms with Gasteiger partial charge in [0.05, 0.1) is 27.8 Å². The van der Waals surface area contributed by atoms with Gasteiger partial charge in [0.15, 0.2) is 5.82 Å². The van der Waals surface area contributed by atoms with Crippen molar-refractivity contribution in [2.75, 3.05) is 16.4 Å². The molecule has 2 amide bonds. The molecule has 2 atom stereocenters. The summed E-state index contributed by atoms with van der Waals surface area (Å²) in [5.74, 6) is -5.85. The number of halogens is 9. The average Bonchev–Trinajstić information content (AvgIpc) is 3.42. The number of hydrogen-bond acceptors (Lipinski definition) is 3. The molecule has 1 aliphatic rings. The van der Waals surface area contributed by atoms with Crippen molar-refractivity contribution in [3.8, 4) is 0 Å². The van der Waals surface area contributed by atoms with E-state index in [2.05, 4.69) is 26.6 Å². The number of nitrogen functional groups attached to an aromatic ring is 1. The molecular weight excluding hydrogens is 644 g/mol. The number of nitrogens with two attached hydrogens (primary N) is 1. The third kappa shape index (κ3) is 5.42. The number of hydrogen-bond donors (Lipinski definition) is 3. The van der Waals surface area contributed by atoms with Gasteiger partial charge in [-0.2, -0.15) is 13.2 Å². The molecule has 5 nitrogen and oxygen atoms in total. The van der Waals surface area contributed by atoms with Gasteiger partial charge < -0.3 is 16.4 Å². The summed E-state index contributed by atoms with van der Waals surface area (Å²) in [4.78, 5) is 25.7. The van der Waals surface area contributed by atoms with Gasteiger partial charge in [-0.1, -0.05) is 33.6 Å². The van der Waals surface area contributed by atoms with Crippen molar-refractivity contribution in [3.63, 3.8) is 0 Å². The summed E-state index contributed by atoms with van der Waals surface area (Å²) in [6.45, 7) is 0. The normalized spacial score (nSPS) is 18.1. The highest BCUT2D eigenvalue weighted by atomic mass is 79.9. The third-order valence-corrected chi connectivity index (χ3v) is 7.81. The zero-order valence-electron chi connectivity index (χ0n) is 18.6. The van der Waals surface area contributed by atoms with Crippen LogP contribution in [0.2, 0.25) is 5.02 Å². The van der Waals surface area contributed by atoms with Crippen molar-refractivity contribution in [1.82, 2.24) is 0 Å². The smallest absolute Gasteiger partial charge is 0.394 e. The first kappa shape index (κ1) is 28.4. The van der Waals surface area contributed by atoms with Gasteiger partial charge in [0.1, 0.15) is 15.8 Å². The Balaban J connectivity index is 1.53. The Morgan fingerprint density at radius 3 is 2.34 bits per heavy atom. The molecule has 0 spiro atoms. The van der Waals surface area contributed by atoms with Crippen molar-refractivity contribution in [2.45, 2.75) is 16.4 Å². The summed E-state index contributed by atoms with van der Waals surface area (Å²) < 4.78 is 65.7. The monoisotopic (exact) mass is 655 g/mol. The quantitative estimate of drug-likeness (QED) is 0.149. The fourth-order valence-corrected chi connectivity index (χ4v) is 5.38. The Morgan fingerprint density at radius 2 is 1.68 bits per heavy atom. The molecule has 0 radical (unpaired) electrons. The molecule has 1 aliphatic carbocycles. The lowest BCUT2D eigenvalue weighted by molar-refractivity contribution is -0.138. The predicted molar refractivity (Wildman–Crippen MR) is 139 cm³/mol. The van der Waals surface area contributed by atoms with E-state index in [1.165, 1.54) is 30.3 Å². The molecule has 0 bridgehead atoms. The lowest BCUT2D eigenvalue weighted by atomic mass is 10.0. The molecule has 200 valence electrons. The van der Waals surface area contributed by atoms with Crippen LogP contribution in [0.4, 0.5) is 39.0 Å². The van der Waals surface area contributed by atoms with Gasteiger partial charge in [0, 0.05) is 16.1 Å². The van der Waals surface area contributed by atoms with Gasteiger partial charge in [-0.25, -0.2) is 8.78 Å². The Bertz CT molecular complexity index is 1470. The number of carbonyl (C=O) groups is 2. The molecule has 3 aromatic carbocycles. The molecule has 0 heterocycles. The minimum absolute atomic E-state index is 0.0566. The van der Waals surface area contributed by atoms with Gasteiger partial charge >= 0.3 is 6.18 Å². The number of amides is 2. The van der Waals surface area contributed by atoms with Crippen LogP contribution in [0.15, 0.2) is 53.0 Å². The summed E-state index contributed by atoms with van der Waals surface area (Å²) in [6.07, 6.45) is -4.65. The van der Waals surface area contributed by atoms with E-state index < -0.39 is 62.7 Å². The van der Waals surface area contributed by atoms with E-state index in [0.29, 0.717) is 0 Å². The second kappa shape index (κ2) is 10.2. The molecule has 0 aromatic heterocycles. The Kier molecular flexibility index (Phi) is 7.61. The van der Waals surface area contributed by atoms with Crippen molar-refractivity contribution in [1.29, 1.82) is 0 Å². The number of alkyl halides is 5. The average molecular weight is 658 g/mol. The molecular formula is C24H14BrCl3F5N3O2. The minimum atomic E-state index is -4.65. The third-order valence-electron chi connectivity index (χ3n) is 5.84. The van der Waals surface area contributed by atoms with Gasteiger partial charge in [-0.3, -0.25) is 9.59 Å². The maximum absolute atomic E-state index is 14.2. The molecule has 14 heteroatoms. The molecule has 1 fully saturated rings. The molecule has 2 unspecified atom stereocenters. The fraction of sp³-hybridized carbons (Fsp3) is 0.167. The van der Waals surface area contributed by atoms with Crippen LogP contribution >= 0.6 is 50.7 Å². The highest BCUT2D eigenvalue weighted by Gasteiger charge is 2.67. The van der Waals surface area contributed by atoms with Crippen LogP contribution in [0, 0.1) is 17.6 Å². The minimum Gasteiger partial charge on any atom is -0.394 e. The zero-order chi connectivity index (χ0) is 28.2. The summed E-state index contributed by atoms with van der Waals surface area (Å²) in [7, 11) is 0. The predicted octanol–water partition coefficient (Wildman–Crippen LogP) is 7.76. The zero-order valence-corrected chi connectivity index (χ0v) is 22.4. The Labute approximate surface area is 235 Å². The molecule has 0 saturated heterocycles. The number of benzene rings is 3. The van der Waals surface area contributed by atoms with Crippen LogP contribution < -0.4 is 16.4 Å². The summed E-state index contributed by atoms with van der Waals surface area (Å²) in [5.41, 5.74) is 3.18. The number of carbonyl (C=O) groups excluding carboxylic acids is 2. The van der Waals surface area contributed by atoms with E-state index in [1.807, 2.05) is 0 Å². The van der Waals surface area contributed by atoms with E-state index in [9.17, 15) is 31.5 Å². The molecule has 4 rings (SSSR count). The first-order valence-electron chi connectivity index (χ1n) is 10.5. The maximum atomic E-state index is 14.2. The van der Waals surface area contributed by atoms with Crippen LogP contribution in [0.5, 0.6) is 0 Å². The molecule has 38 heavy (non-hydrogen) atoms. The fourth-order valence-electron chi connectivity index (χ4n) is 3.87. The van der Waals surface area contributed by atoms with Crippen LogP contribution in [0.1, 0.15) is 27.4 Å². The topological polar surface area (TPSA) is 84.2 Å². The summed E-state index contributed by atoms with van der Waals surface area (Å²) in [5, 5.41) is 4.67. The van der Waals surface area contributed by atoms with E-state index in [0.717, 1.165) is 18.2 Å². The van der Waals surface area contributed by atoms with Crippen molar-refractivity contribution < 1.29 is 31.5 Å². The number of anilines is 3. The van der Waals surface area contributed by atoms with Gasteiger partial charge in [-0.15, -0.1) is 23.2 Å². The standard InChI is InChI=1S/C24H14BrCl3F5N3O2/c25-13-3-1-9(7-12(13)24(31,32)33)17-18(23(17,27)28)22(38)35-10-2-4-14(26)11(8-10)21(37)36-16-6-5-15(29)20(34)19(16)30/h1-8,17-18H,34H2,(H,35,38)(H,36,37). The van der Waals surface area contributed by atoms with Crippen LogP contribution in [-0.2, 0) is 11.0 Å². The lowest BCUT2D eigenvalue weighted by Crippen LogP contribution is -2.18. The highest BCUT2D eigenvalue weighted by molar-refractivity contribution is 9.10. The van der Waals surface area contributed by atoms with E-state index in [1.54, 1.807) is 0 Å². The molecule has 0 aliphatic heterocycles. The number of rotatable bonds is 5. The second-order valence-corrected chi connectivity index (χ2v) is 11.0. The summed E-state index contributed by atoms with van der Waals surface area (Å²) >= 11 is 21.5. The Morgan fingerprint density at radius 1 is 1.00 bits per heavy atom. The van der Waals surface area contributed by atoms with Crippen LogP contribution in [-0.4, -0.2) is 16.1 Å². The molecule has 4 N–H and O–H groups in total. The van der Waals surface area contributed by atoms with Crippen molar-refractivity contribution in [3.05, 3.63) is 86.4 Å². The molecule has 3 aromatic rings. The molecule has 1 saturated carbocycles. The largest absolute Gasteiger partial charge is 0.417 e. The first-order valence-corrected chi connectivity index (χ1v) is 12.4. The highest BCUT2D eigenvalue weighted by Crippen LogP contribution is 2.65. The number of nitrogens with one attached hydrogen (secondary N) is 2. The van der Waals surface area contributed by atoms with Gasteiger partial charge in [-0.05, 0) is 48.0 Å². The Hall–Kier alpha value is -2.60. The van der Waals surface area contributed by atoms with Gasteiger partial charge in [0.2, 0.25) is 5.91 Å². The lowest BCUT2D eigenvalue weighted by Gasteiger charge is -2.12. The van der Waals surface area contributed by atoms with Crippen LogP contribution in [0.25, 0.3) is 0 Å². The van der Waals surface area contributed by atoms with E-state index in [4.69, 9.17) is 40.5 Å². The SMILES string of the molecule is Nc1c(F)ccc(NC(=O)c2cc(NC(=O)C3C(c4ccc(Br)c(C(F)(F)F)c4)C3(Cl)Cl)ccc2Cl)c1F.